The Kier molecular flexibility index (Phi) is 3.87. The molecule has 0 amide bonds. The Hall–Kier alpha value is -0.440. The first-order valence-corrected chi connectivity index (χ1v) is 7.01. The summed E-state index contributed by atoms with van der Waals surface area (Å²) in [6.07, 6.45) is 2.77. The van der Waals surface area contributed by atoms with Crippen LogP contribution in [0.2, 0.25) is 0 Å². The highest BCUT2D eigenvalue weighted by molar-refractivity contribution is 9.10. The summed E-state index contributed by atoms with van der Waals surface area (Å²) in [4.78, 5) is 0. The third-order valence-corrected chi connectivity index (χ3v) is 3.49. The molecule has 0 saturated carbocycles. The molecule has 1 unspecified atom stereocenters. The molecule has 1 atom stereocenters. The van der Waals surface area contributed by atoms with Crippen molar-refractivity contribution >= 4 is 25.8 Å². The predicted octanol–water partition coefficient (Wildman–Crippen LogP) is -0.268. The van der Waals surface area contributed by atoms with Crippen molar-refractivity contribution < 1.29 is 8.42 Å². The first-order chi connectivity index (χ1) is 6.85. The number of aryl methyl sites for hydroxylation is 1. The number of hydrazine groups is 1. The summed E-state index contributed by atoms with van der Waals surface area (Å²) in [5.41, 5.74) is 3.18. The summed E-state index contributed by atoms with van der Waals surface area (Å²) in [7, 11) is -1.37. The second kappa shape index (κ2) is 4.60. The number of halogens is 1. The van der Waals surface area contributed by atoms with Gasteiger partial charge in [-0.3, -0.25) is 16.0 Å². The van der Waals surface area contributed by atoms with Gasteiger partial charge in [-0.15, -0.1) is 0 Å². The van der Waals surface area contributed by atoms with E-state index < -0.39 is 15.9 Å². The van der Waals surface area contributed by atoms with Crippen LogP contribution in [0.1, 0.15) is 11.7 Å². The lowest BCUT2D eigenvalue weighted by Gasteiger charge is -2.15. The molecule has 1 rings (SSSR count). The molecule has 0 radical (unpaired) electrons. The van der Waals surface area contributed by atoms with Gasteiger partial charge in [-0.1, -0.05) is 0 Å². The third kappa shape index (κ3) is 3.26. The molecule has 0 spiro atoms. The van der Waals surface area contributed by atoms with E-state index in [1.165, 1.54) is 6.26 Å². The molecule has 15 heavy (non-hydrogen) atoms. The van der Waals surface area contributed by atoms with Crippen LogP contribution in [-0.2, 0) is 16.9 Å². The van der Waals surface area contributed by atoms with Gasteiger partial charge >= 0.3 is 0 Å². The van der Waals surface area contributed by atoms with Crippen LogP contribution >= 0.6 is 15.9 Å². The van der Waals surface area contributed by atoms with E-state index >= 15 is 0 Å². The Morgan fingerprint density at radius 1 is 1.73 bits per heavy atom. The van der Waals surface area contributed by atoms with Crippen molar-refractivity contribution in [1.82, 2.24) is 15.2 Å². The molecule has 8 heteroatoms. The summed E-state index contributed by atoms with van der Waals surface area (Å²) in [6.45, 7) is 0. The number of nitrogens with one attached hydrogen (secondary N) is 1. The number of rotatable bonds is 4. The minimum atomic E-state index is -3.10. The number of nitrogens with two attached hydrogens (primary N) is 1. The lowest BCUT2D eigenvalue weighted by atomic mass is 10.2. The van der Waals surface area contributed by atoms with E-state index in [0.29, 0.717) is 5.69 Å². The summed E-state index contributed by atoms with van der Waals surface area (Å²) < 4.78 is 24.7. The average Bonchev–Trinajstić information content (AvgIpc) is 2.41. The molecule has 0 fully saturated rings. The van der Waals surface area contributed by atoms with Gasteiger partial charge in [0, 0.05) is 13.3 Å². The number of nitrogens with zero attached hydrogens (tertiary/aromatic N) is 2. The van der Waals surface area contributed by atoms with E-state index in [1.54, 1.807) is 17.9 Å². The van der Waals surface area contributed by atoms with Gasteiger partial charge in [0.15, 0.2) is 0 Å². The molecule has 86 valence electrons. The quantitative estimate of drug-likeness (QED) is 0.590. The molecule has 0 aliphatic heterocycles. The number of aromatic nitrogens is 2. The van der Waals surface area contributed by atoms with E-state index in [1.807, 2.05) is 0 Å². The Balaban J connectivity index is 3.03. The molecule has 1 aromatic heterocycles. The van der Waals surface area contributed by atoms with Crippen molar-refractivity contribution in [1.29, 1.82) is 0 Å². The van der Waals surface area contributed by atoms with Gasteiger partial charge in [0.25, 0.3) is 0 Å². The van der Waals surface area contributed by atoms with Crippen LogP contribution in [0.15, 0.2) is 10.7 Å². The Bertz CT molecular complexity index is 422. The van der Waals surface area contributed by atoms with Crippen molar-refractivity contribution in [3.05, 3.63) is 16.4 Å². The normalized spacial score (nSPS) is 14.1. The maximum absolute atomic E-state index is 11.2. The zero-order valence-corrected chi connectivity index (χ0v) is 10.8. The molecule has 0 saturated heterocycles. The van der Waals surface area contributed by atoms with E-state index in [0.717, 1.165) is 4.47 Å². The molecule has 1 aromatic rings. The zero-order valence-electron chi connectivity index (χ0n) is 8.44. The van der Waals surface area contributed by atoms with Gasteiger partial charge in [0.1, 0.15) is 9.84 Å². The largest absolute Gasteiger partial charge is 0.271 e. The first-order valence-electron chi connectivity index (χ1n) is 4.16. The van der Waals surface area contributed by atoms with Crippen LogP contribution in [0.4, 0.5) is 0 Å². The fourth-order valence-electron chi connectivity index (χ4n) is 1.32. The fraction of sp³-hybridized carbons (Fsp3) is 0.571. The highest BCUT2D eigenvalue weighted by Gasteiger charge is 2.21. The summed E-state index contributed by atoms with van der Waals surface area (Å²) in [6, 6.07) is -0.470. The number of hydrogen-bond acceptors (Lipinski definition) is 5. The number of hydrogen-bond donors (Lipinski definition) is 2. The standard InChI is InChI=1S/C7H13BrN4O2S/c1-12-7(5(8)3-10-12)6(11-9)4-15(2,13)14/h3,6,11H,4,9H2,1-2H3. The summed E-state index contributed by atoms with van der Waals surface area (Å²) in [5.74, 6) is 5.26. The molecule has 0 aliphatic carbocycles. The van der Waals surface area contributed by atoms with Crippen molar-refractivity contribution in [2.75, 3.05) is 12.0 Å². The average molecular weight is 297 g/mol. The molecule has 1 heterocycles. The van der Waals surface area contributed by atoms with Crippen molar-refractivity contribution in [2.45, 2.75) is 6.04 Å². The Morgan fingerprint density at radius 3 is 2.67 bits per heavy atom. The first kappa shape index (κ1) is 12.6. The monoisotopic (exact) mass is 296 g/mol. The molecule has 3 N–H and O–H groups in total. The van der Waals surface area contributed by atoms with E-state index in [2.05, 4.69) is 26.5 Å². The second-order valence-corrected chi connectivity index (χ2v) is 6.35. The lowest BCUT2D eigenvalue weighted by molar-refractivity contribution is 0.532. The van der Waals surface area contributed by atoms with Crippen molar-refractivity contribution in [3.63, 3.8) is 0 Å². The Morgan fingerprint density at radius 2 is 2.33 bits per heavy atom. The second-order valence-electron chi connectivity index (χ2n) is 3.31. The third-order valence-electron chi connectivity index (χ3n) is 1.94. The van der Waals surface area contributed by atoms with E-state index in [9.17, 15) is 8.42 Å². The molecular formula is C7H13BrN4O2S. The minimum Gasteiger partial charge on any atom is -0.271 e. The zero-order chi connectivity index (χ0) is 11.6. The molecular weight excluding hydrogens is 284 g/mol. The van der Waals surface area contributed by atoms with Gasteiger partial charge in [-0.05, 0) is 15.9 Å². The highest BCUT2D eigenvalue weighted by atomic mass is 79.9. The summed E-state index contributed by atoms with van der Waals surface area (Å²) in [5, 5.41) is 3.99. The van der Waals surface area contributed by atoms with Crippen molar-refractivity contribution in [2.24, 2.45) is 12.9 Å². The summed E-state index contributed by atoms with van der Waals surface area (Å²) >= 11 is 3.29. The molecule has 6 nitrogen and oxygen atoms in total. The van der Waals surface area contributed by atoms with Crippen LogP contribution < -0.4 is 11.3 Å². The van der Waals surface area contributed by atoms with Gasteiger partial charge < -0.3 is 0 Å². The van der Waals surface area contributed by atoms with Crippen LogP contribution in [0.3, 0.4) is 0 Å². The van der Waals surface area contributed by atoms with Crippen LogP contribution in [-0.4, -0.2) is 30.2 Å². The van der Waals surface area contributed by atoms with Gasteiger partial charge in [0.2, 0.25) is 0 Å². The Labute approximate surface area is 96.9 Å². The van der Waals surface area contributed by atoms with Gasteiger partial charge in [-0.25, -0.2) is 8.42 Å². The molecule has 0 aromatic carbocycles. The van der Waals surface area contributed by atoms with Gasteiger partial charge in [-0.2, -0.15) is 5.10 Å². The van der Waals surface area contributed by atoms with E-state index in [-0.39, 0.29) is 5.75 Å². The number of sulfone groups is 1. The van der Waals surface area contributed by atoms with Crippen molar-refractivity contribution in [3.8, 4) is 0 Å². The molecule has 0 bridgehead atoms. The maximum Gasteiger partial charge on any atom is 0.149 e. The molecule has 0 aliphatic rings. The SMILES string of the molecule is Cn1ncc(Br)c1C(CS(C)(=O)=O)NN. The van der Waals surface area contributed by atoms with E-state index in [4.69, 9.17) is 5.84 Å². The topological polar surface area (TPSA) is 90.0 Å². The van der Waals surface area contributed by atoms with Crippen LogP contribution in [0.5, 0.6) is 0 Å². The maximum atomic E-state index is 11.2. The highest BCUT2D eigenvalue weighted by Crippen LogP contribution is 2.22. The van der Waals surface area contributed by atoms with Gasteiger partial charge in [0.05, 0.1) is 28.2 Å². The predicted molar refractivity (Wildman–Crippen MR) is 60.7 cm³/mol. The van der Waals surface area contributed by atoms with Crippen LogP contribution in [0.25, 0.3) is 0 Å². The minimum absolute atomic E-state index is 0.0678. The lowest BCUT2D eigenvalue weighted by Crippen LogP contribution is -2.34. The smallest absolute Gasteiger partial charge is 0.149 e. The fourth-order valence-corrected chi connectivity index (χ4v) is 2.81. The van der Waals surface area contributed by atoms with Crippen LogP contribution in [0, 0.1) is 0 Å².